The van der Waals surface area contributed by atoms with Crippen LogP contribution >= 0.6 is 0 Å². The maximum Gasteiger partial charge on any atom is 0.0313 e. The van der Waals surface area contributed by atoms with Crippen LogP contribution in [0.1, 0.15) is 25.7 Å². The van der Waals surface area contributed by atoms with Crippen molar-refractivity contribution in [3.05, 3.63) is 115 Å². The van der Waals surface area contributed by atoms with E-state index in [1.807, 2.05) is 54.8 Å². The van der Waals surface area contributed by atoms with Gasteiger partial charge in [0.15, 0.2) is 0 Å². The van der Waals surface area contributed by atoms with Gasteiger partial charge in [-0.15, -0.1) is 0 Å². The smallest absolute Gasteiger partial charge is 0.0313 e. The van der Waals surface area contributed by atoms with E-state index in [1.165, 1.54) is 29.7 Å². The number of nitrogens with one attached hydrogen (secondary N) is 1. The van der Waals surface area contributed by atoms with E-state index in [1.54, 1.807) is 6.08 Å². The third-order valence-corrected chi connectivity index (χ3v) is 4.10. The van der Waals surface area contributed by atoms with Crippen LogP contribution in [0.25, 0.3) is 0 Å². The fourth-order valence-electron chi connectivity index (χ4n) is 2.70. The van der Waals surface area contributed by atoms with Crippen molar-refractivity contribution in [1.82, 2.24) is 5.32 Å². The highest BCUT2D eigenvalue weighted by atomic mass is 14.8. The number of rotatable bonds is 5. The summed E-state index contributed by atoms with van der Waals surface area (Å²) in [5.74, 6) is 0. The van der Waals surface area contributed by atoms with Crippen LogP contribution in [0.5, 0.6) is 0 Å². The molecule has 2 nitrogen and oxygen atoms in total. The Kier molecular flexibility index (Phi) is 8.58. The van der Waals surface area contributed by atoms with Crippen molar-refractivity contribution in [1.29, 1.82) is 0 Å². The van der Waals surface area contributed by atoms with Gasteiger partial charge in [0.05, 0.1) is 0 Å². The third kappa shape index (κ3) is 7.27. The molecule has 134 valence electrons. The highest BCUT2D eigenvalue weighted by Gasteiger charge is 2.10. The first-order chi connectivity index (χ1) is 12.8. The number of nitrogens with two attached hydrogens (primary N) is 1. The zero-order chi connectivity index (χ0) is 18.5. The molecule has 1 aromatic rings. The van der Waals surface area contributed by atoms with Crippen molar-refractivity contribution >= 4 is 5.69 Å². The first-order valence-corrected chi connectivity index (χ1v) is 9.06. The fraction of sp³-hybridized carbons (Fsp3) is 0.167. The first-order valence-electron chi connectivity index (χ1n) is 9.06. The maximum atomic E-state index is 5.36. The van der Waals surface area contributed by atoms with Crippen molar-refractivity contribution in [3.63, 3.8) is 0 Å². The second-order valence-electron chi connectivity index (χ2n) is 6.08. The predicted molar refractivity (Wildman–Crippen MR) is 114 cm³/mol. The predicted octanol–water partition coefficient (Wildman–Crippen LogP) is 5.98. The van der Waals surface area contributed by atoms with Gasteiger partial charge in [-0.05, 0) is 61.1 Å². The molecule has 0 aliphatic heterocycles. The van der Waals surface area contributed by atoms with Crippen LogP contribution in [-0.2, 0) is 0 Å². The Labute approximate surface area is 157 Å². The minimum atomic E-state index is 0.822. The molecule has 2 aliphatic rings. The Morgan fingerprint density at radius 2 is 1.69 bits per heavy atom. The van der Waals surface area contributed by atoms with Crippen molar-refractivity contribution in [3.8, 4) is 0 Å². The van der Waals surface area contributed by atoms with Crippen molar-refractivity contribution in [2.75, 3.05) is 5.73 Å². The van der Waals surface area contributed by atoms with E-state index in [4.69, 9.17) is 5.73 Å². The summed E-state index contributed by atoms with van der Waals surface area (Å²) in [4.78, 5) is 0. The molecule has 0 saturated carbocycles. The molecule has 2 heteroatoms. The van der Waals surface area contributed by atoms with Crippen LogP contribution in [0.4, 0.5) is 5.69 Å². The van der Waals surface area contributed by atoms with Gasteiger partial charge in [0.2, 0.25) is 0 Å². The van der Waals surface area contributed by atoms with Gasteiger partial charge in [-0.1, -0.05) is 67.3 Å². The standard InChI is InChI=1S/C18H21N.C6H7N/c1-2-3-4-8-15-19-18-13-11-17(12-14-18)16-9-6-5-7-10-16;7-6-4-2-1-3-5-6/h2-6,8-9,11,13,15,19H,1,7,10,12,14H2;1-5H,7H2/b4-3-,15-8+;. The number of benzene rings is 1. The lowest BCUT2D eigenvalue weighted by Crippen LogP contribution is -2.08. The van der Waals surface area contributed by atoms with Crippen LogP contribution in [0.15, 0.2) is 115 Å². The SMILES string of the molecule is C=C/C=C\C=C\NC1=CC=C(C2=CC=CCC2)CC1.Nc1ccccc1. The summed E-state index contributed by atoms with van der Waals surface area (Å²) < 4.78 is 0. The lowest BCUT2D eigenvalue weighted by molar-refractivity contribution is 0.823. The number of nitrogen functional groups attached to an aromatic ring is 1. The largest absolute Gasteiger partial charge is 0.399 e. The van der Waals surface area contributed by atoms with Gasteiger partial charge in [-0.3, -0.25) is 0 Å². The summed E-state index contributed by atoms with van der Waals surface area (Å²) in [6.07, 6.45) is 25.3. The minimum Gasteiger partial charge on any atom is -0.399 e. The number of hydrogen-bond acceptors (Lipinski definition) is 2. The Balaban J connectivity index is 0.000000290. The molecule has 0 atom stereocenters. The van der Waals surface area contributed by atoms with Gasteiger partial charge in [0.25, 0.3) is 0 Å². The second kappa shape index (κ2) is 11.5. The summed E-state index contributed by atoms with van der Waals surface area (Å²) in [6.45, 7) is 3.63. The Bertz CT molecular complexity index is 744. The third-order valence-electron chi connectivity index (χ3n) is 4.10. The molecule has 0 saturated heterocycles. The van der Waals surface area contributed by atoms with E-state index in [-0.39, 0.29) is 0 Å². The number of para-hydroxylation sites is 1. The quantitative estimate of drug-likeness (QED) is 0.509. The Morgan fingerprint density at radius 1 is 0.885 bits per heavy atom. The number of hydrogen-bond donors (Lipinski definition) is 2. The normalized spacial score (nSPS) is 16.4. The van der Waals surface area contributed by atoms with E-state index in [0.29, 0.717) is 0 Å². The van der Waals surface area contributed by atoms with Gasteiger partial charge < -0.3 is 11.1 Å². The average molecular weight is 345 g/mol. The monoisotopic (exact) mass is 344 g/mol. The number of allylic oxidation sites excluding steroid dienone is 12. The highest BCUT2D eigenvalue weighted by molar-refractivity contribution is 5.41. The van der Waals surface area contributed by atoms with Crippen LogP contribution in [0.2, 0.25) is 0 Å². The number of anilines is 1. The molecule has 0 spiro atoms. The molecule has 2 aliphatic carbocycles. The molecule has 0 fully saturated rings. The Morgan fingerprint density at radius 3 is 2.27 bits per heavy atom. The molecule has 0 unspecified atom stereocenters. The Hall–Kier alpha value is -3.00. The lowest BCUT2D eigenvalue weighted by atomic mass is 9.91. The summed E-state index contributed by atoms with van der Waals surface area (Å²) in [7, 11) is 0. The molecule has 0 heterocycles. The van der Waals surface area contributed by atoms with E-state index in [9.17, 15) is 0 Å². The maximum absolute atomic E-state index is 5.36. The zero-order valence-corrected chi connectivity index (χ0v) is 15.3. The van der Waals surface area contributed by atoms with Crippen LogP contribution < -0.4 is 11.1 Å². The van der Waals surface area contributed by atoms with Gasteiger partial charge in [-0.2, -0.15) is 0 Å². The summed E-state index contributed by atoms with van der Waals surface area (Å²) >= 11 is 0. The minimum absolute atomic E-state index is 0.822. The average Bonchev–Trinajstić information content (AvgIpc) is 2.70. The molecule has 1 aromatic carbocycles. The molecular formula is C24H28N2. The molecule has 0 bridgehead atoms. The topological polar surface area (TPSA) is 38.0 Å². The molecule has 3 N–H and O–H groups in total. The second-order valence-corrected chi connectivity index (χ2v) is 6.08. The van der Waals surface area contributed by atoms with E-state index in [2.05, 4.69) is 42.3 Å². The molecule has 0 amide bonds. The summed E-state index contributed by atoms with van der Waals surface area (Å²) in [6, 6.07) is 9.49. The lowest BCUT2D eigenvalue weighted by Gasteiger charge is -2.18. The molecule has 0 aromatic heterocycles. The van der Waals surface area contributed by atoms with Crippen LogP contribution in [0.3, 0.4) is 0 Å². The summed E-state index contributed by atoms with van der Waals surface area (Å²) in [5, 5.41) is 3.32. The molecular weight excluding hydrogens is 316 g/mol. The molecule has 3 rings (SSSR count). The van der Waals surface area contributed by atoms with Crippen LogP contribution in [-0.4, -0.2) is 0 Å². The summed E-state index contributed by atoms with van der Waals surface area (Å²) in [5.41, 5.74) is 10.4. The van der Waals surface area contributed by atoms with E-state index in [0.717, 1.165) is 18.5 Å². The van der Waals surface area contributed by atoms with Crippen molar-refractivity contribution in [2.24, 2.45) is 0 Å². The van der Waals surface area contributed by atoms with Gasteiger partial charge in [-0.25, -0.2) is 0 Å². The van der Waals surface area contributed by atoms with E-state index >= 15 is 0 Å². The van der Waals surface area contributed by atoms with Gasteiger partial charge in [0.1, 0.15) is 0 Å². The van der Waals surface area contributed by atoms with E-state index < -0.39 is 0 Å². The highest BCUT2D eigenvalue weighted by Crippen LogP contribution is 2.27. The molecule has 0 radical (unpaired) electrons. The van der Waals surface area contributed by atoms with Gasteiger partial charge in [0, 0.05) is 17.6 Å². The zero-order valence-electron chi connectivity index (χ0n) is 15.3. The molecule has 26 heavy (non-hydrogen) atoms. The van der Waals surface area contributed by atoms with Gasteiger partial charge >= 0.3 is 0 Å². The fourth-order valence-corrected chi connectivity index (χ4v) is 2.70. The van der Waals surface area contributed by atoms with Crippen molar-refractivity contribution < 1.29 is 0 Å². The van der Waals surface area contributed by atoms with Crippen molar-refractivity contribution in [2.45, 2.75) is 25.7 Å². The first kappa shape index (κ1) is 19.3. The van der Waals surface area contributed by atoms with Crippen LogP contribution in [0, 0.1) is 0 Å².